The highest BCUT2D eigenvalue weighted by Gasteiger charge is 2.51. The van der Waals surface area contributed by atoms with E-state index in [1.165, 1.54) is 18.6 Å². The fourth-order valence-corrected chi connectivity index (χ4v) is 4.91. The predicted molar refractivity (Wildman–Crippen MR) is 102 cm³/mol. The number of pyridine rings is 1. The Balaban J connectivity index is 1.38. The van der Waals surface area contributed by atoms with Gasteiger partial charge in [-0.1, -0.05) is 0 Å². The number of aromatic nitrogens is 5. The minimum Gasteiger partial charge on any atom is -0.619 e. The van der Waals surface area contributed by atoms with Gasteiger partial charge in [0.25, 0.3) is 5.91 Å². The van der Waals surface area contributed by atoms with Crippen LogP contribution in [0.15, 0.2) is 43.1 Å². The predicted octanol–water partition coefficient (Wildman–Crippen LogP) is 1.76. The Kier molecular flexibility index (Phi) is 3.36. The number of nitrogens with one attached hydrogen (secondary N) is 1. The SMILES string of the molecule is O=C(NC1(c2ccncc2)CCC1)c1nn(-c2c[n+]([O-])ccn2)c2c1C[C@H]1C[C@@H]21. The fourth-order valence-electron chi connectivity index (χ4n) is 4.91. The van der Waals surface area contributed by atoms with Crippen LogP contribution in [-0.4, -0.2) is 25.7 Å². The van der Waals surface area contributed by atoms with Crippen LogP contribution in [0.2, 0.25) is 0 Å². The Morgan fingerprint density at radius 1 is 1.28 bits per heavy atom. The first-order valence-electron chi connectivity index (χ1n) is 10.0. The molecule has 2 fully saturated rings. The molecular weight excluding hydrogens is 368 g/mol. The number of carbonyl (C=O) groups is 1. The van der Waals surface area contributed by atoms with Crippen LogP contribution in [0.1, 0.15) is 58.9 Å². The summed E-state index contributed by atoms with van der Waals surface area (Å²) in [6.07, 6.45) is 12.6. The normalized spacial score (nSPS) is 23.0. The summed E-state index contributed by atoms with van der Waals surface area (Å²) in [5.74, 6) is 1.31. The molecule has 8 heteroatoms. The first kappa shape index (κ1) is 16.6. The molecule has 0 saturated heterocycles. The van der Waals surface area contributed by atoms with Crippen molar-refractivity contribution in [2.45, 2.75) is 43.6 Å². The number of hydrogen-bond acceptors (Lipinski definition) is 5. The molecule has 146 valence electrons. The third kappa shape index (κ3) is 2.48. The first-order valence-corrected chi connectivity index (χ1v) is 10.0. The standard InChI is InChI=1S/C21H20N6O2/c28-20(24-21(4-1-5-21)14-2-6-22-7-3-14)18-16-11-13-10-15(13)19(16)27(25-18)17-12-26(29)9-8-23-17/h2-3,6-9,12-13,15H,1,4-5,10-11H2,(H,24,28)/t13-,15-/m1/s1. The highest BCUT2D eigenvalue weighted by atomic mass is 16.5. The number of rotatable bonds is 4. The van der Waals surface area contributed by atoms with Crippen LogP contribution in [0.25, 0.3) is 5.82 Å². The van der Waals surface area contributed by atoms with Crippen LogP contribution >= 0.6 is 0 Å². The van der Waals surface area contributed by atoms with Crippen LogP contribution in [0.4, 0.5) is 0 Å². The second kappa shape index (κ2) is 5.85. The zero-order chi connectivity index (χ0) is 19.6. The van der Waals surface area contributed by atoms with Gasteiger partial charge in [-0.2, -0.15) is 9.83 Å². The lowest BCUT2D eigenvalue weighted by Gasteiger charge is -2.42. The van der Waals surface area contributed by atoms with Gasteiger partial charge in [0.15, 0.2) is 11.9 Å². The summed E-state index contributed by atoms with van der Waals surface area (Å²) in [5.41, 5.74) is 3.27. The third-order valence-corrected chi connectivity index (χ3v) is 6.65. The summed E-state index contributed by atoms with van der Waals surface area (Å²) in [6.45, 7) is 0. The Hall–Kier alpha value is -3.29. The summed E-state index contributed by atoms with van der Waals surface area (Å²) in [6, 6.07) is 3.94. The van der Waals surface area contributed by atoms with E-state index in [0.717, 1.165) is 48.9 Å². The van der Waals surface area contributed by atoms with E-state index in [2.05, 4.69) is 20.4 Å². The van der Waals surface area contributed by atoms with Gasteiger partial charge >= 0.3 is 0 Å². The van der Waals surface area contributed by atoms with Gasteiger partial charge in [0.05, 0.1) is 17.4 Å². The lowest BCUT2D eigenvalue weighted by Crippen LogP contribution is -2.51. The lowest BCUT2D eigenvalue weighted by molar-refractivity contribution is -0.605. The number of nitrogens with zero attached hydrogens (tertiary/aromatic N) is 5. The van der Waals surface area contributed by atoms with Gasteiger partial charge in [-0.15, -0.1) is 0 Å². The first-order chi connectivity index (χ1) is 14.1. The molecule has 1 N–H and O–H groups in total. The van der Waals surface area contributed by atoms with E-state index in [-0.39, 0.29) is 11.4 Å². The van der Waals surface area contributed by atoms with Gasteiger partial charge in [-0.25, -0.2) is 9.67 Å². The van der Waals surface area contributed by atoms with Crippen LogP contribution in [-0.2, 0) is 12.0 Å². The second-order valence-electron chi connectivity index (χ2n) is 8.33. The quantitative estimate of drug-likeness (QED) is 0.542. The van der Waals surface area contributed by atoms with Gasteiger partial charge < -0.3 is 10.5 Å². The van der Waals surface area contributed by atoms with Gasteiger partial charge in [-0.3, -0.25) is 9.78 Å². The van der Waals surface area contributed by atoms with Crippen molar-refractivity contribution < 1.29 is 9.52 Å². The average molecular weight is 388 g/mol. The summed E-state index contributed by atoms with van der Waals surface area (Å²) in [4.78, 5) is 21.7. The zero-order valence-electron chi connectivity index (χ0n) is 15.8. The topological polar surface area (TPSA) is 99.6 Å². The van der Waals surface area contributed by atoms with Gasteiger partial charge in [-0.05, 0) is 55.7 Å². The van der Waals surface area contributed by atoms with Crippen molar-refractivity contribution in [2.24, 2.45) is 5.92 Å². The second-order valence-corrected chi connectivity index (χ2v) is 8.33. The van der Waals surface area contributed by atoms with Crippen LogP contribution in [0, 0.1) is 11.1 Å². The maximum Gasteiger partial charge on any atom is 0.272 e. The van der Waals surface area contributed by atoms with E-state index in [9.17, 15) is 10.0 Å². The largest absolute Gasteiger partial charge is 0.619 e. The zero-order valence-corrected chi connectivity index (χ0v) is 15.8. The van der Waals surface area contributed by atoms with E-state index >= 15 is 0 Å². The molecule has 2 atom stereocenters. The van der Waals surface area contributed by atoms with E-state index in [4.69, 9.17) is 0 Å². The Bertz CT molecular complexity index is 1120. The molecule has 0 radical (unpaired) electrons. The Morgan fingerprint density at radius 2 is 2.10 bits per heavy atom. The molecule has 3 aliphatic carbocycles. The molecule has 2 saturated carbocycles. The molecular formula is C21H20N6O2. The smallest absolute Gasteiger partial charge is 0.272 e. The van der Waals surface area contributed by atoms with Crippen molar-refractivity contribution in [3.63, 3.8) is 0 Å². The van der Waals surface area contributed by atoms with Gasteiger partial charge in [0, 0.05) is 23.9 Å². The molecule has 0 spiro atoms. The Labute approximate surface area is 167 Å². The number of fused-ring (bicyclic) bond motifs is 3. The minimum atomic E-state index is -0.346. The van der Waals surface area contributed by atoms with E-state index < -0.39 is 0 Å². The van der Waals surface area contributed by atoms with Crippen LogP contribution in [0.3, 0.4) is 0 Å². The minimum absolute atomic E-state index is 0.149. The van der Waals surface area contributed by atoms with Gasteiger partial charge in [0.2, 0.25) is 12.0 Å². The van der Waals surface area contributed by atoms with E-state index in [1.54, 1.807) is 17.1 Å². The molecule has 0 aliphatic heterocycles. The molecule has 29 heavy (non-hydrogen) atoms. The average Bonchev–Trinajstić information content (AvgIpc) is 3.20. The maximum absolute atomic E-state index is 13.3. The van der Waals surface area contributed by atoms with Crippen molar-refractivity contribution in [2.75, 3.05) is 0 Å². The van der Waals surface area contributed by atoms with Crippen molar-refractivity contribution in [3.8, 4) is 5.82 Å². The molecule has 0 bridgehead atoms. The van der Waals surface area contributed by atoms with E-state index in [1.807, 2.05) is 12.1 Å². The van der Waals surface area contributed by atoms with Crippen LogP contribution in [0.5, 0.6) is 0 Å². The number of amides is 1. The summed E-state index contributed by atoms with van der Waals surface area (Å²) in [5, 5.41) is 19.6. The molecule has 3 aromatic rings. The lowest BCUT2D eigenvalue weighted by atomic mass is 9.72. The summed E-state index contributed by atoms with van der Waals surface area (Å²) in [7, 11) is 0. The Morgan fingerprint density at radius 3 is 2.83 bits per heavy atom. The molecule has 3 aromatic heterocycles. The van der Waals surface area contributed by atoms with Crippen LogP contribution < -0.4 is 10.0 Å². The monoisotopic (exact) mass is 388 g/mol. The van der Waals surface area contributed by atoms with Crippen molar-refractivity contribution in [1.82, 2.24) is 25.1 Å². The molecule has 1 amide bonds. The van der Waals surface area contributed by atoms with Crippen molar-refractivity contribution in [1.29, 1.82) is 0 Å². The molecule has 6 rings (SSSR count). The molecule has 0 aromatic carbocycles. The van der Waals surface area contributed by atoms with Gasteiger partial charge in [0.1, 0.15) is 0 Å². The molecule has 8 nitrogen and oxygen atoms in total. The number of carbonyl (C=O) groups excluding carboxylic acids is 1. The maximum atomic E-state index is 13.3. The van der Waals surface area contributed by atoms with Crippen molar-refractivity contribution in [3.05, 3.63) is 70.8 Å². The fraction of sp³-hybridized carbons (Fsp3) is 0.381. The third-order valence-electron chi connectivity index (χ3n) is 6.65. The van der Waals surface area contributed by atoms with E-state index in [0.29, 0.717) is 28.1 Å². The highest BCUT2D eigenvalue weighted by molar-refractivity contribution is 5.95. The summed E-state index contributed by atoms with van der Waals surface area (Å²) < 4.78 is 2.42. The number of hydrogen-bond donors (Lipinski definition) is 1. The molecule has 0 unspecified atom stereocenters. The summed E-state index contributed by atoms with van der Waals surface area (Å²) >= 11 is 0. The van der Waals surface area contributed by atoms with Crippen molar-refractivity contribution >= 4 is 5.91 Å². The highest BCUT2D eigenvalue weighted by Crippen LogP contribution is 2.57. The molecule has 3 aliphatic rings. The molecule has 3 heterocycles.